The molecule has 18 heavy (non-hydrogen) atoms. The minimum absolute atomic E-state index is 0.0692. The Morgan fingerprint density at radius 1 is 1.56 bits per heavy atom. The van der Waals surface area contributed by atoms with E-state index in [4.69, 9.17) is 5.73 Å². The molecule has 1 amide bonds. The number of carbonyl (C=O) groups is 1. The van der Waals surface area contributed by atoms with Gasteiger partial charge in [0.2, 0.25) is 5.91 Å². The van der Waals surface area contributed by atoms with Gasteiger partial charge in [0.1, 0.15) is 0 Å². The molecule has 94 valence electrons. The topological polar surface area (TPSA) is 72.9 Å². The predicted molar refractivity (Wildman–Crippen MR) is 70.4 cm³/mol. The summed E-state index contributed by atoms with van der Waals surface area (Å²) >= 11 is 0. The lowest BCUT2D eigenvalue weighted by atomic mass is 10.1. The Morgan fingerprint density at radius 3 is 3.06 bits per heavy atom. The molecule has 0 fully saturated rings. The van der Waals surface area contributed by atoms with Crippen molar-refractivity contribution in [1.82, 2.24) is 9.55 Å². The maximum atomic E-state index is 11.7. The number of nitrogens with two attached hydrogens (primary N) is 1. The lowest BCUT2D eigenvalue weighted by Crippen LogP contribution is -2.26. The van der Waals surface area contributed by atoms with Gasteiger partial charge in [-0.25, -0.2) is 4.98 Å². The molecule has 5 heteroatoms. The zero-order valence-corrected chi connectivity index (χ0v) is 10.2. The molecular weight excluding hydrogens is 228 g/mol. The fourth-order valence-corrected chi connectivity index (χ4v) is 1.53. The molecule has 0 aliphatic rings. The molecule has 3 N–H and O–H groups in total. The summed E-state index contributed by atoms with van der Waals surface area (Å²) in [6, 6.07) is 7.58. The first-order valence-corrected chi connectivity index (χ1v) is 5.80. The lowest BCUT2D eigenvalue weighted by molar-refractivity contribution is -0.119. The van der Waals surface area contributed by atoms with Crippen molar-refractivity contribution in [2.75, 3.05) is 11.9 Å². The molecule has 0 saturated heterocycles. The fourth-order valence-electron chi connectivity index (χ4n) is 1.53. The third-order valence-corrected chi connectivity index (χ3v) is 2.72. The van der Waals surface area contributed by atoms with Crippen molar-refractivity contribution in [2.45, 2.75) is 6.92 Å². The minimum atomic E-state index is -0.193. The number of benzene rings is 1. The smallest absolute Gasteiger partial charge is 0.228 e. The van der Waals surface area contributed by atoms with Crippen LogP contribution in [0.15, 0.2) is 43.0 Å². The lowest BCUT2D eigenvalue weighted by Gasteiger charge is -2.11. The number of imidazole rings is 1. The van der Waals surface area contributed by atoms with E-state index in [1.54, 1.807) is 19.4 Å². The number of hydrogen-bond acceptors (Lipinski definition) is 3. The van der Waals surface area contributed by atoms with E-state index >= 15 is 0 Å². The van der Waals surface area contributed by atoms with E-state index < -0.39 is 0 Å². The molecule has 0 aliphatic carbocycles. The fraction of sp³-hybridized carbons (Fsp3) is 0.231. The van der Waals surface area contributed by atoms with Gasteiger partial charge in [0.15, 0.2) is 0 Å². The Morgan fingerprint density at radius 2 is 2.39 bits per heavy atom. The van der Waals surface area contributed by atoms with Crippen LogP contribution < -0.4 is 11.1 Å². The van der Waals surface area contributed by atoms with Crippen LogP contribution in [0.1, 0.15) is 6.92 Å². The van der Waals surface area contributed by atoms with E-state index in [-0.39, 0.29) is 11.8 Å². The highest BCUT2D eigenvalue weighted by atomic mass is 16.1. The number of aromatic nitrogens is 2. The molecule has 2 rings (SSSR count). The highest BCUT2D eigenvalue weighted by molar-refractivity contribution is 5.92. The molecule has 1 heterocycles. The van der Waals surface area contributed by atoms with E-state index in [0.29, 0.717) is 6.54 Å². The predicted octanol–water partition coefficient (Wildman–Crippen LogP) is 1.41. The van der Waals surface area contributed by atoms with Gasteiger partial charge in [0.05, 0.1) is 6.33 Å². The van der Waals surface area contributed by atoms with Crippen molar-refractivity contribution < 1.29 is 4.79 Å². The van der Waals surface area contributed by atoms with Crippen molar-refractivity contribution in [2.24, 2.45) is 11.7 Å². The van der Waals surface area contributed by atoms with Crippen LogP contribution in [0.2, 0.25) is 0 Å². The maximum absolute atomic E-state index is 11.7. The van der Waals surface area contributed by atoms with Crippen molar-refractivity contribution in [1.29, 1.82) is 0 Å². The summed E-state index contributed by atoms with van der Waals surface area (Å²) in [5, 5.41) is 2.84. The van der Waals surface area contributed by atoms with Gasteiger partial charge in [0.25, 0.3) is 0 Å². The SMILES string of the molecule is CC(CN)C(=O)Nc1cccc(-n2ccnc2)c1. The van der Waals surface area contributed by atoms with Crippen LogP contribution in [0.3, 0.4) is 0 Å². The van der Waals surface area contributed by atoms with Crippen LogP contribution in [0.4, 0.5) is 5.69 Å². The zero-order valence-electron chi connectivity index (χ0n) is 10.2. The number of nitrogens with one attached hydrogen (secondary N) is 1. The average molecular weight is 244 g/mol. The van der Waals surface area contributed by atoms with Crippen LogP contribution in [-0.4, -0.2) is 22.0 Å². The number of carbonyl (C=O) groups excluding carboxylic acids is 1. The van der Waals surface area contributed by atoms with Gasteiger partial charge >= 0.3 is 0 Å². The summed E-state index contributed by atoms with van der Waals surface area (Å²) in [5.41, 5.74) is 7.17. The zero-order chi connectivity index (χ0) is 13.0. The first-order chi connectivity index (χ1) is 8.70. The van der Waals surface area contributed by atoms with Gasteiger partial charge in [-0.3, -0.25) is 4.79 Å². The second-order valence-corrected chi connectivity index (χ2v) is 4.15. The van der Waals surface area contributed by atoms with E-state index in [0.717, 1.165) is 11.4 Å². The third-order valence-electron chi connectivity index (χ3n) is 2.72. The second kappa shape index (κ2) is 5.46. The summed E-state index contributed by atoms with van der Waals surface area (Å²) in [6.07, 6.45) is 5.27. The minimum Gasteiger partial charge on any atom is -0.330 e. The average Bonchev–Trinajstić information content (AvgIpc) is 2.92. The molecule has 0 aliphatic heterocycles. The number of nitrogens with zero attached hydrogens (tertiary/aromatic N) is 2. The molecule has 0 bridgehead atoms. The van der Waals surface area contributed by atoms with E-state index in [2.05, 4.69) is 10.3 Å². The van der Waals surface area contributed by atoms with E-state index in [9.17, 15) is 4.79 Å². The van der Waals surface area contributed by atoms with Crippen LogP contribution in [0, 0.1) is 5.92 Å². The Hall–Kier alpha value is -2.14. The van der Waals surface area contributed by atoms with E-state index in [1.807, 2.05) is 35.0 Å². The van der Waals surface area contributed by atoms with Gasteiger partial charge in [-0.05, 0) is 18.2 Å². The van der Waals surface area contributed by atoms with E-state index in [1.165, 1.54) is 0 Å². The van der Waals surface area contributed by atoms with Crippen LogP contribution >= 0.6 is 0 Å². The van der Waals surface area contributed by atoms with Crippen LogP contribution in [-0.2, 0) is 4.79 Å². The normalized spacial score (nSPS) is 12.1. The van der Waals surface area contributed by atoms with Crippen molar-refractivity contribution in [3.8, 4) is 5.69 Å². The van der Waals surface area contributed by atoms with Gasteiger partial charge in [0, 0.05) is 36.2 Å². The van der Waals surface area contributed by atoms with Gasteiger partial charge in [-0.15, -0.1) is 0 Å². The van der Waals surface area contributed by atoms with Gasteiger partial charge in [-0.1, -0.05) is 13.0 Å². The standard InChI is InChI=1S/C13H16N4O/c1-10(8-14)13(18)16-11-3-2-4-12(7-11)17-6-5-15-9-17/h2-7,9-10H,8,14H2,1H3,(H,16,18). The number of hydrogen-bond donors (Lipinski definition) is 2. The molecule has 0 spiro atoms. The second-order valence-electron chi connectivity index (χ2n) is 4.15. The first kappa shape index (κ1) is 12.3. The largest absolute Gasteiger partial charge is 0.330 e. The maximum Gasteiger partial charge on any atom is 0.228 e. The van der Waals surface area contributed by atoms with Gasteiger partial charge in [-0.2, -0.15) is 0 Å². The number of rotatable bonds is 4. The first-order valence-electron chi connectivity index (χ1n) is 5.80. The van der Waals surface area contributed by atoms with Crippen molar-refractivity contribution >= 4 is 11.6 Å². The van der Waals surface area contributed by atoms with Gasteiger partial charge < -0.3 is 15.6 Å². The Labute approximate surface area is 106 Å². The monoisotopic (exact) mass is 244 g/mol. The third kappa shape index (κ3) is 2.75. The molecule has 1 atom stereocenters. The number of amides is 1. The highest BCUT2D eigenvalue weighted by Gasteiger charge is 2.10. The molecule has 1 unspecified atom stereocenters. The Bertz CT molecular complexity index is 522. The van der Waals surface area contributed by atoms with Crippen molar-refractivity contribution in [3.05, 3.63) is 43.0 Å². The molecule has 1 aromatic heterocycles. The molecule has 2 aromatic rings. The molecule has 5 nitrogen and oxygen atoms in total. The Balaban J connectivity index is 2.16. The summed E-state index contributed by atoms with van der Waals surface area (Å²) in [4.78, 5) is 15.7. The summed E-state index contributed by atoms with van der Waals surface area (Å²) < 4.78 is 1.88. The molecule has 1 aromatic carbocycles. The molecular formula is C13H16N4O. The Kier molecular flexibility index (Phi) is 3.74. The summed E-state index contributed by atoms with van der Waals surface area (Å²) in [5.74, 6) is -0.262. The molecule has 0 saturated carbocycles. The quantitative estimate of drug-likeness (QED) is 0.854. The highest BCUT2D eigenvalue weighted by Crippen LogP contribution is 2.15. The number of anilines is 1. The summed E-state index contributed by atoms with van der Waals surface area (Å²) in [7, 11) is 0. The van der Waals surface area contributed by atoms with Crippen LogP contribution in [0.25, 0.3) is 5.69 Å². The van der Waals surface area contributed by atoms with Crippen molar-refractivity contribution in [3.63, 3.8) is 0 Å². The van der Waals surface area contributed by atoms with Crippen LogP contribution in [0.5, 0.6) is 0 Å². The molecule has 0 radical (unpaired) electrons. The summed E-state index contributed by atoms with van der Waals surface area (Å²) in [6.45, 7) is 2.14.